The molecule has 2 heterocycles. The maximum Gasteiger partial charge on any atom is 0.151 e. The van der Waals surface area contributed by atoms with E-state index in [0.717, 1.165) is 50.7 Å². The molecule has 1 saturated carbocycles. The molecule has 0 bridgehead atoms. The van der Waals surface area contributed by atoms with Crippen molar-refractivity contribution in [3.05, 3.63) is 29.2 Å². The smallest absolute Gasteiger partial charge is 0.151 e. The van der Waals surface area contributed by atoms with E-state index in [9.17, 15) is 0 Å². The van der Waals surface area contributed by atoms with Gasteiger partial charge in [0.1, 0.15) is 0 Å². The highest BCUT2D eigenvalue weighted by molar-refractivity contribution is 5.10. The first-order chi connectivity index (χ1) is 9.83. The fraction of sp³-hybridized carbons (Fsp3) is 0.667. The minimum absolute atomic E-state index is 0.710. The molecule has 0 radical (unpaired) electrons. The molecule has 1 aromatic heterocycles. The van der Waals surface area contributed by atoms with E-state index in [4.69, 9.17) is 9.26 Å². The Hall–Kier alpha value is -1.17. The molecule has 1 aliphatic carbocycles. The van der Waals surface area contributed by atoms with Crippen molar-refractivity contribution in [3.8, 4) is 0 Å². The van der Waals surface area contributed by atoms with Gasteiger partial charge in [0.2, 0.25) is 0 Å². The van der Waals surface area contributed by atoms with Gasteiger partial charge in [0.05, 0.1) is 18.8 Å². The molecule has 2 aliphatic rings. The second kappa shape index (κ2) is 6.52. The highest BCUT2D eigenvalue weighted by Crippen LogP contribution is 2.19. The van der Waals surface area contributed by atoms with Crippen LogP contribution in [0.25, 0.3) is 0 Å². The van der Waals surface area contributed by atoms with Crippen LogP contribution in [0.2, 0.25) is 0 Å². The quantitative estimate of drug-likeness (QED) is 0.769. The summed E-state index contributed by atoms with van der Waals surface area (Å²) in [5, 5.41) is 7.58. The summed E-state index contributed by atoms with van der Waals surface area (Å²) < 4.78 is 10.6. The largest absolute Gasteiger partial charge is 0.380 e. The third kappa shape index (κ3) is 3.91. The average Bonchev–Trinajstić information content (AvgIpc) is 3.19. The normalized spacial score (nSPS) is 20.1. The fourth-order valence-electron chi connectivity index (χ4n) is 2.48. The topological polar surface area (TPSA) is 50.5 Å². The molecule has 0 amide bonds. The maximum absolute atomic E-state index is 5.42. The first-order valence-electron chi connectivity index (χ1n) is 7.40. The number of aromatic nitrogens is 1. The van der Waals surface area contributed by atoms with Crippen molar-refractivity contribution < 1.29 is 9.26 Å². The van der Waals surface area contributed by atoms with E-state index in [-0.39, 0.29) is 0 Å². The fourth-order valence-corrected chi connectivity index (χ4v) is 2.48. The number of ether oxygens (including phenoxy) is 1. The molecule has 5 heteroatoms. The average molecular weight is 277 g/mol. The van der Waals surface area contributed by atoms with Crippen LogP contribution < -0.4 is 5.32 Å². The lowest BCUT2D eigenvalue weighted by Crippen LogP contribution is -2.28. The molecule has 0 unspecified atom stereocenters. The summed E-state index contributed by atoms with van der Waals surface area (Å²) in [5.74, 6) is 0.959. The first kappa shape index (κ1) is 13.8. The number of rotatable bonds is 7. The summed E-state index contributed by atoms with van der Waals surface area (Å²) in [5.41, 5.74) is 2.41. The highest BCUT2D eigenvalue weighted by atomic mass is 16.5. The Bertz CT molecular complexity index is 465. The van der Waals surface area contributed by atoms with Gasteiger partial charge >= 0.3 is 0 Å². The van der Waals surface area contributed by atoms with E-state index in [1.165, 1.54) is 18.4 Å². The van der Waals surface area contributed by atoms with Crippen molar-refractivity contribution in [1.82, 2.24) is 15.4 Å². The molecule has 1 fully saturated rings. The van der Waals surface area contributed by atoms with Crippen molar-refractivity contribution in [2.24, 2.45) is 0 Å². The molecular weight excluding hydrogens is 254 g/mol. The molecule has 0 saturated heterocycles. The van der Waals surface area contributed by atoms with E-state index < -0.39 is 0 Å². The van der Waals surface area contributed by atoms with Crippen LogP contribution in [0.3, 0.4) is 0 Å². The van der Waals surface area contributed by atoms with Crippen LogP contribution in [-0.2, 0) is 17.8 Å². The van der Waals surface area contributed by atoms with Gasteiger partial charge in [-0.2, -0.15) is 0 Å². The van der Waals surface area contributed by atoms with Gasteiger partial charge in [-0.05, 0) is 24.8 Å². The summed E-state index contributed by atoms with van der Waals surface area (Å²) in [6.45, 7) is 4.45. The summed E-state index contributed by atoms with van der Waals surface area (Å²) in [4.78, 5) is 2.37. The van der Waals surface area contributed by atoms with Crippen LogP contribution >= 0.6 is 0 Å². The summed E-state index contributed by atoms with van der Waals surface area (Å²) >= 11 is 0. The van der Waals surface area contributed by atoms with E-state index in [1.807, 2.05) is 0 Å². The van der Waals surface area contributed by atoms with Crippen LogP contribution in [0.15, 0.2) is 22.2 Å². The van der Waals surface area contributed by atoms with Crippen LogP contribution in [-0.4, -0.2) is 42.9 Å². The van der Waals surface area contributed by atoms with Crippen molar-refractivity contribution in [2.75, 3.05) is 26.8 Å². The Morgan fingerprint density at radius 3 is 3.10 bits per heavy atom. The van der Waals surface area contributed by atoms with Gasteiger partial charge in [0, 0.05) is 38.9 Å². The van der Waals surface area contributed by atoms with Gasteiger partial charge in [-0.1, -0.05) is 11.2 Å². The first-order valence-corrected chi connectivity index (χ1v) is 7.40. The minimum Gasteiger partial charge on any atom is -0.380 e. The standard InChI is InChI=1S/C15H23N3O2/c1-19-11-12-4-6-18(7-5-12)10-15-8-14(17-20-15)9-16-13-2-3-13/h4,8,13,16H,2-3,5-7,9-11H2,1H3. The van der Waals surface area contributed by atoms with E-state index >= 15 is 0 Å². The van der Waals surface area contributed by atoms with Gasteiger partial charge in [0.25, 0.3) is 0 Å². The van der Waals surface area contributed by atoms with Crippen molar-refractivity contribution in [3.63, 3.8) is 0 Å². The molecule has 1 N–H and O–H groups in total. The number of nitrogens with zero attached hydrogens (tertiary/aromatic N) is 2. The second-order valence-corrected chi connectivity index (χ2v) is 5.72. The number of nitrogens with one attached hydrogen (secondary N) is 1. The van der Waals surface area contributed by atoms with E-state index in [1.54, 1.807) is 7.11 Å². The molecule has 20 heavy (non-hydrogen) atoms. The summed E-state index contributed by atoms with van der Waals surface area (Å²) in [7, 11) is 1.75. The van der Waals surface area contributed by atoms with Gasteiger partial charge in [0.15, 0.2) is 5.76 Å². The Kier molecular flexibility index (Phi) is 4.50. The summed E-state index contributed by atoms with van der Waals surface area (Å²) in [6, 6.07) is 2.78. The zero-order chi connectivity index (χ0) is 13.8. The lowest BCUT2D eigenvalue weighted by Gasteiger charge is -2.24. The van der Waals surface area contributed by atoms with Gasteiger partial charge in [-0.3, -0.25) is 4.90 Å². The Morgan fingerprint density at radius 1 is 1.50 bits per heavy atom. The van der Waals surface area contributed by atoms with E-state index in [0.29, 0.717) is 6.04 Å². The van der Waals surface area contributed by atoms with Crippen molar-refractivity contribution in [2.45, 2.75) is 38.4 Å². The second-order valence-electron chi connectivity index (χ2n) is 5.72. The Labute approximate surface area is 119 Å². The van der Waals surface area contributed by atoms with Crippen LogP contribution in [0.4, 0.5) is 0 Å². The molecule has 0 spiro atoms. The van der Waals surface area contributed by atoms with Crippen LogP contribution in [0, 0.1) is 0 Å². The molecule has 110 valence electrons. The number of hydrogen-bond acceptors (Lipinski definition) is 5. The van der Waals surface area contributed by atoms with Crippen molar-refractivity contribution in [1.29, 1.82) is 0 Å². The highest BCUT2D eigenvalue weighted by Gasteiger charge is 2.21. The SMILES string of the molecule is COCC1=CCN(Cc2cc(CNC3CC3)no2)CC1. The third-order valence-electron chi connectivity index (χ3n) is 3.85. The maximum atomic E-state index is 5.42. The van der Waals surface area contributed by atoms with Crippen LogP contribution in [0.5, 0.6) is 0 Å². The lowest BCUT2D eigenvalue weighted by atomic mass is 10.1. The molecule has 1 aliphatic heterocycles. The minimum atomic E-state index is 0.710. The molecule has 1 aromatic rings. The Balaban J connectivity index is 1.45. The molecule has 3 rings (SSSR count). The molecule has 5 nitrogen and oxygen atoms in total. The van der Waals surface area contributed by atoms with Crippen LogP contribution in [0.1, 0.15) is 30.7 Å². The lowest BCUT2D eigenvalue weighted by molar-refractivity contribution is 0.204. The predicted octanol–water partition coefficient (Wildman–Crippen LogP) is 1.71. The Morgan fingerprint density at radius 2 is 2.40 bits per heavy atom. The van der Waals surface area contributed by atoms with Gasteiger partial charge in [-0.15, -0.1) is 0 Å². The molecule has 0 atom stereocenters. The number of hydrogen-bond donors (Lipinski definition) is 1. The predicted molar refractivity (Wildman–Crippen MR) is 76.2 cm³/mol. The van der Waals surface area contributed by atoms with Crippen molar-refractivity contribution >= 4 is 0 Å². The zero-order valence-electron chi connectivity index (χ0n) is 12.1. The molecular formula is C15H23N3O2. The van der Waals surface area contributed by atoms with Gasteiger partial charge in [-0.25, -0.2) is 0 Å². The molecule has 0 aromatic carbocycles. The number of methoxy groups -OCH3 is 1. The zero-order valence-corrected chi connectivity index (χ0v) is 12.1. The monoisotopic (exact) mass is 277 g/mol. The van der Waals surface area contributed by atoms with E-state index in [2.05, 4.69) is 27.5 Å². The third-order valence-corrected chi connectivity index (χ3v) is 3.85. The van der Waals surface area contributed by atoms with Gasteiger partial charge < -0.3 is 14.6 Å². The summed E-state index contributed by atoms with van der Waals surface area (Å²) in [6.07, 6.45) is 5.94.